The number of aliphatic hydroxyl groups excluding tert-OH is 1. The molecule has 1 unspecified atom stereocenters. The minimum absolute atomic E-state index is 0.0819. The first-order chi connectivity index (χ1) is 29.2. The monoisotopic (exact) mass is 811 g/mol. The van der Waals surface area contributed by atoms with Crippen LogP contribution in [0.15, 0.2) is 95.8 Å². The van der Waals surface area contributed by atoms with Gasteiger partial charge in [0.25, 0.3) is 11.8 Å². The van der Waals surface area contributed by atoms with E-state index in [1.54, 1.807) is 38.5 Å². The van der Waals surface area contributed by atoms with E-state index in [4.69, 9.17) is 23.7 Å². The summed E-state index contributed by atoms with van der Waals surface area (Å²) in [7, 11) is 7.61. The Morgan fingerprint density at radius 2 is 1.48 bits per heavy atom. The van der Waals surface area contributed by atoms with Crippen LogP contribution in [0.1, 0.15) is 81.1 Å². The lowest BCUT2D eigenvalue weighted by molar-refractivity contribution is 0.0651. The van der Waals surface area contributed by atoms with E-state index in [1.165, 1.54) is 21.6 Å². The molecule has 0 fully saturated rings. The number of methoxy groups -OCH3 is 2. The molecule has 1 N–H and O–H groups in total. The second kappa shape index (κ2) is 16.7. The summed E-state index contributed by atoms with van der Waals surface area (Å²) in [6.07, 6.45) is 7.28. The fourth-order valence-electron chi connectivity index (χ4n) is 9.59. The molecule has 60 heavy (non-hydrogen) atoms. The second-order valence-electron chi connectivity index (χ2n) is 16.6. The van der Waals surface area contributed by atoms with Crippen LogP contribution in [-0.2, 0) is 19.3 Å². The summed E-state index contributed by atoms with van der Waals surface area (Å²) in [5.41, 5.74) is 7.85. The molecule has 11 heteroatoms. The topological polar surface area (TPSA) is 110 Å². The molecule has 0 saturated heterocycles. The van der Waals surface area contributed by atoms with Gasteiger partial charge in [0.05, 0.1) is 32.0 Å². The summed E-state index contributed by atoms with van der Waals surface area (Å²) >= 11 is 0. The van der Waals surface area contributed by atoms with Gasteiger partial charge in [-0.25, -0.2) is 0 Å². The lowest BCUT2D eigenvalue weighted by atomic mass is 9.82. The number of fused-ring (bicyclic) bond motifs is 3. The smallest absolute Gasteiger partial charge is 0.261 e. The fraction of sp³-hybridized carbons (Fsp3) is 0.388. The zero-order valence-corrected chi connectivity index (χ0v) is 34.9. The Balaban J connectivity index is 1.01. The van der Waals surface area contributed by atoms with Crippen LogP contribution in [0.25, 0.3) is 0 Å². The highest BCUT2D eigenvalue weighted by atomic mass is 16.5. The van der Waals surface area contributed by atoms with Crippen molar-refractivity contribution in [1.82, 2.24) is 14.7 Å². The molecule has 5 heterocycles. The molecule has 1 aliphatic carbocycles. The van der Waals surface area contributed by atoms with Crippen LogP contribution in [0, 0.1) is 0 Å². The number of allylic oxidation sites excluding steroid dienone is 1. The molecule has 11 nitrogen and oxygen atoms in total. The minimum atomic E-state index is -0.587. The first-order valence-electron chi connectivity index (χ1n) is 21.2. The molecular weight excluding hydrogens is 759 g/mol. The highest BCUT2D eigenvalue weighted by Crippen LogP contribution is 2.50. The van der Waals surface area contributed by atoms with E-state index < -0.39 is 6.10 Å². The molecule has 0 aromatic heterocycles. The third-order valence-corrected chi connectivity index (χ3v) is 12.9. The van der Waals surface area contributed by atoms with Crippen LogP contribution in [0.2, 0.25) is 0 Å². The SMILES string of the molecule is COc1cc2c3c(c1OC)OC1CC4=C(C=C1O)CCN(C)[C@H]4Cc1ccc(cc1)Oc1cc(ccc1OCCCCCN1C(=O)c4ccccc4C1=O)C[C@H]3N(C)CC2. The molecule has 3 atom stereocenters. The van der Waals surface area contributed by atoms with Gasteiger partial charge in [-0.05, 0) is 135 Å². The number of unbranched alkanes of at least 4 members (excludes halogenated alkanes) is 2. The summed E-state index contributed by atoms with van der Waals surface area (Å²) in [4.78, 5) is 31.8. The van der Waals surface area contributed by atoms with Gasteiger partial charge >= 0.3 is 0 Å². The minimum Gasteiger partial charge on any atom is -0.508 e. The van der Waals surface area contributed by atoms with Crippen molar-refractivity contribution in [2.45, 2.75) is 69.6 Å². The van der Waals surface area contributed by atoms with Crippen molar-refractivity contribution in [2.75, 3.05) is 54.6 Å². The van der Waals surface area contributed by atoms with E-state index in [0.29, 0.717) is 72.3 Å². The predicted molar refractivity (Wildman–Crippen MR) is 228 cm³/mol. The van der Waals surface area contributed by atoms with Crippen molar-refractivity contribution < 1.29 is 38.4 Å². The summed E-state index contributed by atoms with van der Waals surface area (Å²) in [6, 6.07) is 23.6. The maximum atomic E-state index is 12.8. The molecule has 4 aromatic rings. The zero-order chi connectivity index (χ0) is 41.5. The van der Waals surface area contributed by atoms with Crippen LogP contribution in [0.5, 0.6) is 34.5 Å². The number of hydrogen-bond acceptors (Lipinski definition) is 10. The van der Waals surface area contributed by atoms with Crippen LogP contribution < -0.4 is 23.7 Å². The van der Waals surface area contributed by atoms with Gasteiger partial charge in [0.1, 0.15) is 11.5 Å². The highest BCUT2D eigenvalue weighted by Gasteiger charge is 2.38. The van der Waals surface area contributed by atoms with Crippen LogP contribution in [0.3, 0.4) is 0 Å². The van der Waals surface area contributed by atoms with E-state index in [1.807, 2.05) is 24.3 Å². The van der Waals surface area contributed by atoms with Gasteiger partial charge < -0.3 is 28.8 Å². The van der Waals surface area contributed by atoms with E-state index in [2.05, 4.69) is 54.2 Å². The Hall–Kier alpha value is -5.78. The number of carbonyl (C=O) groups excluding carboxylic acids is 2. The van der Waals surface area contributed by atoms with E-state index >= 15 is 0 Å². The number of likely N-dealkylation sites (N-methyl/N-ethyl adjacent to an activating group) is 2. The molecule has 0 radical (unpaired) electrons. The number of ether oxygens (including phenoxy) is 5. The van der Waals surface area contributed by atoms with Crippen molar-refractivity contribution in [3.63, 3.8) is 0 Å². The standard InChI is InChI=1S/C49H53N3O8/c1-50-21-18-32-27-40(53)42-29-37(32)38(50)24-30-12-15-34(16-13-30)59-43-26-31(25-39-45-33(19-22-51(39)2)28-44(56-3)46(57-4)47(45)60-42)14-17-41(43)58-23-9-5-8-20-52-48(54)35-10-6-7-11-36(35)49(52)55/h6-7,10-17,26-28,38-39,42,53H,5,8-9,18-25,29H2,1-4H3/t38-,39+,42?/m0/s1. The van der Waals surface area contributed by atoms with Crippen LogP contribution in [-0.4, -0.2) is 98.3 Å². The second-order valence-corrected chi connectivity index (χ2v) is 16.6. The van der Waals surface area contributed by atoms with E-state index in [0.717, 1.165) is 67.6 Å². The van der Waals surface area contributed by atoms with E-state index in [9.17, 15) is 14.7 Å². The number of aliphatic hydroxyl groups is 1. The lowest BCUT2D eigenvalue weighted by Gasteiger charge is -2.40. The Morgan fingerprint density at radius 3 is 2.23 bits per heavy atom. The van der Waals surface area contributed by atoms with Gasteiger partial charge in [-0.1, -0.05) is 30.3 Å². The van der Waals surface area contributed by atoms with Crippen molar-refractivity contribution in [3.05, 3.63) is 129 Å². The third kappa shape index (κ3) is 7.49. The summed E-state index contributed by atoms with van der Waals surface area (Å²) in [6.45, 7) is 2.57. The normalized spacial score (nSPS) is 21.3. The molecule has 0 spiro atoms. The fourth-order valence-corrected chi connectivity index (χ4v) is 9.59. The van der Waals surface area contributed by atoms with Gasteiger partial charge in [-0.2, -0.15) is 0 Å². The Morgan fingerprint density at radius 1 is 0.767 bits per heavy atom. The first-order valence-corrected chi connectivity index (χ1v) is 21.2. The van der Waals surface area contributed by atoms with Gasteiger partial charge in [0.15, 0.2) is 29.1 Å². The maximum absolute atomic E-state index is 12.8. The van der Waals surface area contributed by atoms with Crippen molar-refractivity contribution in [2.24, 2.45) is 0 Å². The van der Waals surface area contributed by atoms with Gasteiger partial charge in [-0.15, -0.1) is 0 Å². The molecular formula is C49H53N3O8. The van der Waals surface area contributed by atoms with Gasteiger partial charge in [0.2, 0.25) is 5.75 Å². The summed E-state index contributed by atoms with van der Waals surface area (Å²) in [5, 5.41) is 11.6. The third-order valence-electron chi connectivity index (χ3n) is 12.9. The average molecular weight is 812 g/mol. The van der Waals surface area contributed by atoms with Crippen molar-refractivity contribution >= 4 is 11.8 Å². The van der Waals surface area contributed by atoms with E-state index in [-0.39, 0.29) is 29.7 Å². The number of carbonyl (C=O) groups is 2. The molecule has 10 rings (SSSR count). The van der Waals surface area contributed by atoms with Gasteiger partial charge in [0, 0.05) is 43.7 Å². The lowest BCUT2D eigenvalue weighted by Crippen LogP contribution is -2.42. The quantitative estimate of drug-likeness (QED) is 0.131. The molecule has 312 valence electrons. The predicted octanol–water partition coefficient (Wildman–Crippen LogP) is 8.26. The number of amides is 2. The molecule has 6 aliphatic rings. The number of nitrogens with zero attached hydrogens (tertiary/aromatic N) is 3. The Bertz CT molecular complexity index is 2340. The largest absolute Gasteiger partial charge is 0.508 e. The molecule has 0 saturated carbocycles. The first kappa shape index (κ1) is 39.7. The van der Waals surface area contributed by atoms with Crippen molar-refractivity contribution in [3.8, 4) is 34.5 Å². The Labute approximate surface area is 351 Å². The van der Waals surface area contributed by atoms with Crippen molar-refractivity contribution in [1.29, 1.82) is 0 Å². The number of benzene rings is 4. The average Bonchev–Trinajstić information content (AvgIpc) is 3.50. The van der Waals surface area contributed by atoms with Crippen LogP contribution >= 0.6 is 0 Å². The highest BCUT2D eigenvalue weighted by molar-refractivity contribution is 6.21. The molecule has 2 amide bonds. The maximum Gasteiger partial charge on any atom is 0.261 e. The zero-order valence-electron chi connectivity index (χ0n) is 34.9. The molecule has 6 bridgehead atoms. The molecule has 4 aromatic carbocycles. The number of imide groups is 1. The molecule has 5 aliphatic heterocycles. The number of hydrogen-bond donors (Lipinski definition) is 1. The van der Waals surface area contributed by atoms with Crippen LogP contribution in [0.4, 0.5) is 0 Å². The summed E-state index contributed by atoms with van der Waals surface area (Å²) < 4.78 is 32.0. The number of rotatable bonds is 9. The Kier molecular flexibility index (Phi) is 11.0. The van der Waals surface area contributed by atoms with Gasteiger partial charge in [-0.3, -0.25) is 24.3 Å². The summed E-state index contributed by atoms with van der Waals surface area (Å²) in [5.74, 6) is 3.51.